The number of benzene rings is 1. The molecule has 7 heteroatoms. The number of carbonyl (C=O) groups excluding carboxylic acids is 1. The first-order valence-electron chi connectivity index (χ1n) is 9.87. The highest BCUT2D eigenvalue weighted by molar-refractivity contribution is 7.99. The highest BCUT2D eigenvalue weighted by atomic mass is 32.2. The fraction of sp³-hybridized carbons (Fsp3) is 0.571. The van der Waals surface area contributed by atoms with Crippen LogP contribution in [-0.2, 0) is 10.2 Å². The lowest BCUT2D eigenvalue weighted by atomic mass is 9.87. The van der Waals surface area contributed by atoms with Crippen LogP contribution in [0.1, 0.15) is 46.6 Å². The number of nitrogen functional groups attached to an aromatic ring is 1. The van der Waals surface area contributed by atoms with E-state index in [1.165, 1.54) is 28.4 Å². The van der Waals surface area contributed by atoms with E-state index in [2.05, 4.69) is 56.9 Å². The van der Waals surface area contributed by atoms with Gasteiger partial charge in [0.2, 0.25) is 11.1 Å². The number of hydrogen-bond donors (Lipinski definition) is 1. The van der Waals surface area contributed by atoms with Gasteiger partial charge in [-0.05, 0) is 29.2 Å². The summed E-state index contributed by atoms with van der Waals surface area (Å²) in [6.07, 6.45) is 1.19. The smallest absolute Gasteiger partial charge is 0.233 e. The van der Waals surface area contributed by atoms with Gasteiger partial charge in [-0.1, -0.05) is 70.6 Å². The summed E-state index contributed by atoms with van der Waals surface area (Å²) < 4.78 is 1.48. The lowest BCUT2D eigenvalue weighted by Gasteiger charge is -2.34. The number of likely N-dealkylation sites (tertiary alicyclic amines) is 1. The van der Waals surface area contributed by atoms with Crippen molar-refractivity contribution in [2.45, 2.75) is 51.6 Å². The molecule has 1 saturated heterocycles. The minimum atomic E-state index is 0.0970. The minimum Gasteiger partial charge on any atom is -0.341 e. The van der Waals surface area contributed by atoms with Crippen LogP contribution >= 0.6 is 11.8 Å². The van der Waals surface area contributed by atoms with Crippen LogP contribution in [0.25, 0.3) is 11.4 Å². The second-order valence-electron chi connectivity index (χ2n) is 9.04. The lowest BCUT2D eigenvalue weighted by molar-refractivity contribution is -0.130. The normalized spacial score (nSPS) is 20.4. The summed E-state index contributed by atoms with van der Waals surface area (Å²) in [6.45, 7) is 12.6. The Morgan fingerprint density at radius 1 is 1.14 bits per heavy atom. The van der Waals surface area contributed by atoms with E-state index in [4.69, 9.17) is 5.84 Å². The van der Waals surface area contributed by atoms with Gasteiger partial charge in [-0.3, -0.25) is 4.79 Å². The standard InChI is InChI=1S/C21H31N5OS/c1-14-10-15(2)12-25(11-14)18(27)13-28-20-24-23-19(26(20)22)16-6-8-17(9-7-16)21(3,4)5/h6-9,14-15H,10-13,22H2,1-5H3/t14-,15-/m1/s1. The number of piperidine rings is 1. The molecule has 0 saturated carbocycles. The molecular weight excluding hydrogens is 370 g/mol. The van der Waals surface area contributed by atoms with Crippen LogP contribution in [0.2, 0.25) is 0 Å². The molecular formula is C21H31N5OS. The average Bonchev–Trinajstić information content (AvgIpc) is 2.99. The van der Waals surface area contributed by atoms with Gasteiger partial charge in [-0.15, -0.1) is 10.2 Å². The molecule has 1 fully saturated rings. The van der Waals surface area contributed by atoms with Crippen molar-refractivity contribution in [2.75, 3.05) is 24.7 Å². The predicted octanol–water partition coefficient (Wildman–Crippen LogP) is 3.55. The highest BCUT2D eigenvalue weighted by Gasteiger charge is 2.26. The van der Waals surface area contributed by atoms with Gasteiger partial charge in [0.25, 0.3) is 0 Å². The van der Waals surface area contributed by atoms with E-state index in [1.807, 2.05) is 17.0 Å². The van der Waals surface area contributed by atoms with Gasteiger partial charge in [0.15, 0.2) is 5.82 Å². The Labute approximate surface area is 171 Å². The number of thioether (sulfide) groups is 1. The summed E-state index contributed by atoms with van der Waals surface area (Å²) in [7, 11) is 0. The van der Waals surface area contributed by atoms with Gasteiger partial charge in [0.1, 0.15) is 0 Å². The van der Waals surface area contributed by atoms with E-state index >= 15 is 0 Å². The third kappa shape index (κ3) is 4.69. The molecule has 0 bridgehead atoms. The molecule has 0 spiro atoms. The Balaban J connectivity index is 1.65. The molecule has 0 aliphatic carbocycles. The second-order valence-corrected chi connectivity index (χ2v) is 9.98. The Morgan fingerprint density at radius 3 is 2.32 bits per heavy atom. The Morgan fingerprint density at radius 2 is 1.75 bits per heavy atom. The van der Waals surface area contributed by atoms with Crippen LogP contribution < -0.4 is 5.84 Å². The van der Waals surface area contributed by atoms with Crippen molar-refractivity contribution in [1.29, 1.82) is 0 Å². The minimum absolute atomic E-state index is 0.0970. The molecule has 0 radical (unpaired) electrons. The van der Waals surface area contributed by atoms with Crippen LogP contribution in [0.3, 0.4) is 0 Å². The maximum absolute atomic E-state index is 12.6. The molecule has 1 aromatic heterocycles. The summed E-state index contributed by atoms with van der Waals surface area (Å²) in [6, 6.07) is 8.23. The Hall–Kier alpha value is -2.02. The molecule has 2 aromatic rings. The van der Waals surface area contributed by atoms with Gasteiger partial charge >= 0.3 is 0 Å². The first kappa shape index (κ1) is 20.7. The average molecular weight is 402 g/mol. The first-order valence-corrected chi connectivity index (χ1v) is 10.9. The predicted molar refractivity (Wildman–Crippen MR) is 115 cm³/mol. The molecule has 28 heavy (non-hydrogen) atoms. The van der Waals surface area contributed by atoms with E-state index in [0.717, 1.165) is 18.7 Å². The van der Waals surface area contributed by atoms with Gasteiger partial charge < -0.3 is 10.7 Å². The first-order chi connectivity index (χ1) is 13.1. The van der Waals surface area contributed by atoms with Crippen LogP contribution in [-0.4, -0.2) is 44.5 Å². The maximum Gasteiger partial charge on any atom is 0.233 e. The number of hydrogen-bond acceptors (Lipinski definition) is 5. The monoisotopic (exact) mass is 401 g/mol. The fourth-order valence-electron chi connectivity index (χ4n) is 3.78. The lowest BCUT2D eigenvalue weighted by Crippen LogP contribution is -2.43. The fourth-order valence-corrected chi connectivity index (χ4v) is 4.54. The summed E-state index contributed by atoms with van der Waals surface area (Å²) >= 11 is 1.35. The van der Waals surface area contributed by atoms with E-state index in [9.17, 15) is 4.79 Å². The summed E-state index contributed by atoms with van der Waals surface area (Å²) in [4.78, 5) is 14.6. The molecule has 152 valence electrons. The van der Waals surface area contributed by atoms with Crippen LogP contribution in [0.15, 0.2) is 29.4 Å². The van der Waals surface area contributed by atoms with E-state index in [1.54, 1.807) is 0 Å². The third-order valence-corrected chi connectivity index (χ3v) is 6.15. The Kier molecular flexibility index (Phi) is 6.03. The van der Waals surface area contributed by atoms with Gasteiger partial charge in [-0.2, -0.15) is 0 Å². The van der Waals surface area contributed by atoms with Gasteiger partial charge in [0.05, 0.1) is 5.75 Å². The van der Waals surface area contributed by atoms with Crippen molar-refractivity contribution in [3.8, 4) is 11.4 Å². The zero-order valence-corrected chi connectivity index (χ0v) is 18.3. The molecule has 2 atom stereocenters. The molecule has 1 amide bonds. The summed E-state index contributed by atoms with van der Waals surface area (Å²) in [5.41, 5.74) is 2.27. The topological polar surface area (TPSA) is 77.0 Å². The van der Waals surface area contributed by atoms with E-state index < -0.39 is 0 Å². The maximum atomic E-state index is 12.6. The molecule has 1 aliphatic heterocycles. The quantitative estimate of drug-likeness (QED) is 0.626. The van der Waals surface area contributed by atoms with Crippen molar-refractivity contribution in [3.63, 3.8) is 0 Å². The van der Waals surface area contributed by atoms with Crippen molar-refractivity contribution in [1.82, 2.24) is 19.8 Å². The number of nitrogens with two attached hydrogens (primary N) is 1. The number of aromatic nitrogens is 3. The molecule has 0 unspecified atom stereocenters. The summed E-state index contributed by atoms with van der Waals surface area (Å²) in [5, 5.41) is 8.98. The molecule has 3 rings (SSSR count). The number of carbonyl (C=O) groups is 1. The van der Waals surface area contributed by atoms with E-state index in [0.29, 0.717) is 28.6 Å². The highest BCUT2D eigenvalue weighted by Crippen LogP contribution is 2.27. The molecule has 2 N–H and O–H groups in total. The second kappa shape index (κ2) is 8.15. The van der Waals surface area contributed by atoms with Gasteiger partial charge in [-0.25, -0.2) is 4.68 Å². The zero-order valence-electron chi connectivity index (χ0n) is 17.5. The number of rotatable bonds is 4. The van der Waals surface area contributed by atoms with Crippen molar-refractivity contribution < 1.29 is 4.79 Å². The molecule has 1 aliphatic rings. The molecule has 6 nitrogen and oxygen atoms in total. The largest absolute Gasteiger partial charge is 0.341 e. The number of amides is 1. The van der Waals surface area contributed by atoms with Gasteiger partial charge in [0, 0.05) is 18.7 Å². The van der Waals surface area contributed by atoms with E-state index in [-0.39, 0.29) is 11.3 Å². The van der Waals surface area contributed by atoms with Crippen molar-refractivity contribution >= 4 is 17.7 Å². The van der Waals surface area contributed by atoms with Crippen molar-refractivity contribution in [2.24, 2.45) is 11.8 Å². The summed E-state index contributed by atoms with van der Waals surface area (Å²) in [5.74, 6) is 8.40. The molecule has 1 aromatic carbocycles. The van der Waals surface area contributed by atoms with Crippen LogP contribution in [0, 0.1) is 11.8 Å². The van der Waals surface area contributed by atoms with Crippen LogP contribution in [0.4, 0.5) is 0 Å². The zero-order chi connectivity index (χ0) is 20.5. The third-order valence-electron chi connectivity index (χ3n) is 5.22. The Bertz CT molecular complexity index is 814. The molecule has 2 heterocycles. The SMILES string of the molecule is C[C@@H]1C[C@@H](C)CN(C(=O)CSc2nnc(-c3ccc(C(C)(C)C)cc3)n2N)C1. The van der Waals surface area contributed by atoms with Crippen LogP contribution in [0.5, 0.6) is 0 Å². The number of nitrogens with zero attached hydrogens (tertiary/aromatic N) is 4. The van der Waals surface area contributed by atoms with Crippen molar-refractivity contribution in [3.05, 3.63) is 29.8 Å².